The molecule has 2 unspecified atom stereocenters. The summed E-state index contributed by atoms with van der Waals surface area (Å²) in [5.41, 5.74) is -5.30. The number of rotatable bonds is 6. The lowest BCUT2D eigenvalue weighted by Gasteiger charge is -2.63. The maximum absolute atomic E-state index is 17.5. The van der Waals surface area contributed by atoms with E-state index in [1.807, 2.05) is 37.3 Å². The topological polar surface area (TPSA) is 117 Å². The lowest BCUT2D eigenvalue weighted by atomic mass is 9.44. The lowest BCUT2D eigenvalue weighted by molar-refractivity contribution is -0.232. The fraction of sp³-hybridized carbons (Fsp3) is 0.667. The summed E-state index contributed by atoms with van der Waals surface area (Å²) < 4.78 is 29.5. The van der Waals surface area contributed by atoms with E-state index in [-0.39, 0.29) is 31.7 Å². The molecule has 4 aliphatic carbocycles. The first-order chi connectivity index (χ1) is 18.0. The quantitative estimate of drug-likeness (QED) is 0.486. The number of allylic oxidation sites excluding steroid dienone is 1. The fourth-order valence-electron chi connectivity index (χ4n) is 8.77. The predicted molar refractivity (Wildman–Crippen MR) is 135 cm³/mol. The fourth-order valence-corrected chi connectivity index (χ4v) is 8.77. The Morgan fingerprint density at radius 2 is 1.89 bits per heavy atom. The molecule has 6 rings (SSSR count). The van der Waals surface area contributed by atoms with E-state index in [2.05, 4.69) is 0 Å². The zero-order valence-electron chi connectivity index (χ0n) is 22.0. The van der Waals surface area contributed by atoms with Crippen LogP contribution in [0.1, 0.15) is 57.9 Å². The summed E-state index contributed by atoms with van der Waals surface area (Å²) in [6.07, 6.45) is 0.673. The number of halogens is 1. The summed E-state index contributed by atoms with van der Waals surface area (Å²) in [6, 6.07) is 9.59. The minimum absolute atomic E-state index is 0.0125. The average Bonchev–Trinajstić information content (AvgIpc) is 3.66. The van der Waals surface area contributed by atoms with Gasteiger partial charge in [-0.15, -0.1) is 0 Å². The number of hydrogen-bond donors (Lipinski definition) is 3. The first kappa shape index (κ1) is 26.3. The van der Waals surface area contributed by atoms with Crippen molar-refractivity contribution < 1.29 is 38.8 Å². The molecule has 9 atom stereocenters. The third-order valence-corrected chi connectivity index (χ3v) is 11.1. The second-order valence-electron chi connectivity index (χ2n) is 12.7. The molecule has 0 spiro atoms. The van der Waals surface area contributed by atoms with E-state index in [4.69, 9.17) is 9.47 Å². The molecule has 3 saturated carbocycles. The number of ketones is 2. The van der Waals surface area contributed by atoms with Gasteiger partial charge in [-0.3, -0.25) is 9.59 Å². The van der Waals surface area contributed by atoms with E-state index in [1.54, 1.807) is 13.0 Å². The zero-order chi connectivity index (χ0) is 27.1. The molecule has 1 heterocycles. The van der Waals surface area contributed by atoms with Gasteiger partial charge in [-0.2, -0.15) is 0 Å². The molecule has 3 N–H and O–H groups in total. The monoisotopic (exact) mass is 528 g/mol. The molecule has 1 aliphatic heterocycles. The van der Waals surface area contributed by atoms with Crippen LogP contribution in [0.15, 0.2) is 42.0 Å². The molecule has 206 valence electrons. The van der Waals surface area contributed by atoms with Crippen LogP contribution in [0, 0.1) is 22.7 Å². The Kier molecular flexibility index (Phi) is 5.88. The molecule has 7 nitrogen and oxygen atoms in total. The van der Waals surface area contributed by atoms with Crippen molar-refractivity contribution in [1.82, 2.24) is 0 Å². The highest BCUT2D eigenvalue weighted by molar-refractivity contribution is 5.92. The number of Topliss-reactive ketones (excluding diaryl/α,β-unsaturated/α-hetero) is 1. The highest BCUT2D eigenvalue weighted by Gasteiger charge is 2.77. The number of aliphatic hydroxyl groups is 3. The van der Waals surface area contributed by atoms with Crippen LogP contribution in [0.3, 0.4) is 0 Å². The van der Waals surface area contributed by atoms with Crippen molar-refractivity contribution in [2.45, 2.75) is 81.5 Å². The van der Waals surface area contributed by atoms with E-state index < -0.39 is 64.1 Å². The molecular weight excluding hydrogens is 491 g/mol. The molecule has 1 aromatic carbocycles. The number of ether oxygens (including phenoxy) is 2. The van der Waals surface area contributed by atoms with Crippen molar-refractivity contribution in [3.63, 3.8) is 0 Å². The Bertz CT molecular complexity index is 1180. The zero-order valence-corrected chi connectivity index (χ0v) is 22.0. The van der Waals surface area contributed by atoms with Gasteiger partial charge in [0.05, 0.1) is 25.4 Å². The molecule has 0 aromatic heterocycles. The van der Waals surface area contributed by atoms with Crippen molar-refractivity contribution in [2.75, 3.05) is 19.8 Å². The summed E-state index contributed by atoms with van der Waals surface area (Å²) in [4.78, 5) is 25.4. The molecule has 38 heavy (non-hydrogen) atoms. The molecule has 0 bridgehead atoms. The van der Waals surface area contributed by atoms with Gasteiger partial charge in [0, 0.05) is 23.2 Å². The van der Waals surface area contributed by atoms with E-state index in [0.29, 0.717) is 25.9 Å². The van der Waals surface area contributed by atoms with Crippen molar-refractivity contribution in [1.29, 1.82) is 0 Å². The first-order valence-corrected chi connectivity index (χ1v) is 13.7. The van der Waals surface area contributed by atoms with E-state index in [1.165, 1.54) is 0 Å². The third kappa shape index (κ3) is 3.24. The minimum Gasteiger partial charge on any atom is -0.390 e. The summed E-state index contributed by atoms with van der Waals surface area (Å²) in [7, 11) is 0. The Balaban J connectivity index is 1.36. The van der Waals surface area contributed by atoms with Crippen LogP contribution < -0.4 is 0 Å². The third-order valence-electron chi connectivity index (χ3n) is 11.1. The summed E-state index contributed by atoms with van der Waals surface area (Å²) in [5.74, 6) is -1.90. The maximum atomic E-state index is 17.5. The Labute approximate surface area is 222 Å². The number of fused-ring (bicyclic) bond motifs is 5. The standard InChI is InChI=1S/C30H37FO7/c1-26-11-10-20(33)12-19(26)8-9-21-22-13-25(37-16-28(17-38-28)18-6-4-3-5-7-18)30(36,24(35)15-32)27(22,2)14-23(34)29(21,26)31/h3-7,12,21-23,25,32,34,36H,8-11,13-17H2,1-2H3/t21-,22-,23-,25+,26-,27-,28?,29?,30+/m0/s1. The van der Waals surface area contributed by atoms with Crippen LogP contribution in [-0.2, 0) is 24.7 Å². The summed E-state index contributed by atoms with van der Waals surface area (Å²) in [5, 5.41) is 33.5. The minimum atomic E-state index is -2.10. The Morgan fingerprint density at radius 1 is 1.18 bits per heavy atom. The van der Waals surface area contributed by atoms with Crippen LogP contribution in [0.4, 0.5) is 4.39 Å². The van der Waals surface area contributed by atoms with Gasteiger partial charge in [0.15, 0.2) is 17.2 Å². The molecule has 8 heteroatoms. The van der Waals surface area contributed by atoms with Crippen LogP contribution in [0.5, 0.6) is 0 Å². The highest BCUT2D eigenvalue weighted by atomic mass is 19.1. The van der Waals surface area contributed by atoms with Crippen LogP contribution in [0.2, 0.25) is 0 Å². The van der Waals surface area contributed by atoms with Crippen LogP contribution in [0.25, 0.3) is 0 Å². The lowest BCUT2D eigenvalue weighted by Crippen LogP contribution is -2.70. The average molecular weight is 529 g/mol. The maximum Gasteiger partial charge on any atom is 0.192 e. The van der Waals surface area contributed by atoms with Gasteiger partial charge < -0.3 is 24.8 Å². The molecule has 4 fully saturated rings. The first-order valence-electron chi connectivity index (χ1n) is 13.7. The molecular formula is C30H37FO7. The summed E-state index contributed by atoms with van der Waals surface area (Å²) >= 11 is 0. The van der Waals surface area contributed by atoms with Crippen molar-refractivity contribution in [2.24, 2.45) is 22.7 Å². The normalized spacial score (nSPS) is 47.5. The number of hydrogen-bond acceptors (Lipinski definition) is 7. The smallest absolute Gasteiger partial charge is 0.192 e. The number of benzene rings is 1. The Morgan fingerprint density at radius 3 is 2.55 bits per heavy atom. The number of carbonyl (C=O) groups excluding carboxylic acids is 2. The van der Waals surface area contributed by atoms with Crippen molar-refractivity contribution in [3.8, 4) is 0 Å². The van der Waals surface area contributed by atoms with Gasteiger partial charge in [0.1, 0.15) is 17.9 Å². The second-order valence-corrected chi connectivity index (χ2v) is 12.7. The van der Waals surface area contributed by atoms with Gasteiger partial charge in [-0.25, -0.2) is 4.39 Å². The Hall–Kier alpha value is -1.97. The number of alkyl halides is 1. The van der Waals surface area contributed by atoms with E-state index >= 15 is 4.39 Å². The molecule has 5 aliphatic rings. The van der Waals surface area contributed by atoms with Gasteiger partial charge >= 0.3 is 0 Å². The number of aliphatic hydroxyl groups excluding tert-OH is 2. The largest absolute Gasteiger partial charge is 0.390 e. The van der Waals surface area contributed by atoms with Crippen molar-refractivity contribution in [3.05, 3.63) is 47.5 Å². The SMILES string of the molecule is C[C@]12CCC(=O)C=C1CC[C@H]1[C@@H]3C[C@@H](OCC4(c5ccccc5)CO4)[C@](O)(C(=O)CO)[C@@]3(C)C[C@H](O)C12F. The van der Waals surface area contributed by atoms with Gasteiger partial charge in [-0.1, -0.05) is 49.8 Å². The number of carbonyl (C=O) groups is 2. The van der Waals surface area contributed by atoms with Crippen molar-refractivity contribution >= 4 is 11.6 Å². The van der Waals surface area contributed by atoms with E-state index in [0.717, 1.165) is 11.1 Å². The highest BCUT2D eigenvalue weighted by Crippen LogP contribution is 2.70. The molecule has 0 amide bonds. The predicted octanol–water partition coefficient (Wildman–Crippen LogP) is 2.79. The van der Waals surface area contributed by atoms with Gasteiger partial charge in [-0.05, 0) is 49.7 Å². The summed E-state index contributed by atoms with van der Waals surface area (Å²) in [6.45, 7) is 3.21. The van der Waals surface area contributed by atoms with Crippen LogP contribution in [-0.4, -0.2) is 70.2 Å². The molecule has 0 radical (unpaired) electrons. The van der Waals surface area contributed by atoms with Gasteiger partial charge in [0.2, 0.25) is 0 Å². The molecule has 1 saturated heterocycles. The van der Waals surface area contributed by atoms with E-state index in [9.17, 15) is 24.9 Å². The molecule has 1 aromatic rings. The second kappa shape index (κ2) is 8.51. The van der Waals surface area contributed by atoms with Gasteiger partial charge in [0.25, 0.3) is 0 Å². The number of epoxide rings is 1. The van der Waals surface area contributed by atoms with Crippen LogP contribution >= 0.6 is 0 Å².